The van der Waals surface area contributed by atoms with Gasteiger partial charge in [0, 0.05) is 0 Å². The van der Waals surface area contributed by atoms with Crippen LogP contribution >= 0.6 is 0 Å². The van der Waals surface area contributed by atoms with E-state index in [4.69, 9.17) is 9.57 Å². The zero-order valence-electron chi connectivity index (χ0n) is 11.1. The number of benzene rings is 1. The molecule has 1 rings (SSSR count). The van der Waals surface area contributed by atoms with E-state index in [-0.39, 0.29) is 10.8 Å². The lowest BCUT2D eigenvalue weighted by molar-refractivity contribution is 0.0718. The molecule has 0 saturated heterocycles. The zero-order chi connectivity index (χ0) is 13.8. The van der Waals surface area contributed by atoms with Gasteiger partial charge in [-0.05, 0) is 36.6 Å². The highest BCUT2D eigenvalue weighted by Gasteiger charge is 2.15. The van der Waals surface area contributed by atoms with Crippen LogP contribution in [-0.2, 0) is 14.9 Å². The standard InChI is InChI=1S/C12H19NO4S/c1-9(2)8-17-13-18(14,15)11-5-6-12(16-4)10(3)7-11/h5-7,9,13H,8H2,1-4H3. The number of hydrogen-bond donors (Lipinski definition) is 1. The molecule has 0 unspecified atom stereocenters. The molecule has 6 heteroatoms. The van der Waals surface area contributed by atoms with Gasteiger partial charge in [-0.2, -0.15) is 0 Å². The van der Waals surface area contributed by atoms with Gasteiger partial charge in [0.1, 0.15) is 5.75 Å². The molecule has 0 bridgehead atoms. The van der Waals surface area contributed by atoms with Gasteiger partial charge in [-0.3, -0.25) is 4.84 Å². The summed E-state index contributed by atoms with van der Waals surface area (Å²) in [6, 6.07) is 4.64. The third-order valence-corrected chi connectivity index (χ3v) is 3.47. The van der Waals surface area contributed by atoms with Crippen LogP contribution in [0.4, 0.5) is 0 Å². The van der Waals surface area contributed by atoms with E-state index in [0.29, 0.717) is 12.4 Å². The van der Waals surface area contributed by atoms with Crippen molar-refractivity contribution in [1.29, 1.82) is 0 Å². The molecular weight excluding hydrogens is 254 g/mol. The molecule has 0 saturated carbocycles. The second kappa shape index (κ2) is 6.17. The Labute approximate surface area is 108 Å². The third kappa shape index (κ3) is 3.97. The Morgan fingerprint density at radius 1 is 1.33 bits per heavy atom. The fourth-order valence-electron chi connectivity index (χ4n) is 1.34. The molecule has 5 nitrogen and oxygen atoms in total. The van der Waals surface area contributed by atoms with Crippen LogP contribution in [0, 0.1) is 12.8 Å². The van der Waals surface area contributed by atoms with E-state index in [0.717, 1.165) is 5.56 Å². The van der Waals surface area contributed by atoms with Crippen molar-refractivity contribution in [3.05, 3.63) is 23.8 Å². The maximum atomic E-state index is 11.9. The Hall–Kier alpha value is -1.11. The lowest BCUT2D eigenvalue weighted by atomic mass is 10.2. The van der Waals surface area contributed by atoms with Gasteiger partial charge in [-0.25, -0.2) is 8.42 Å². The molecule has 0 atom stereocenters. The molecule has 1 aromatic rings. The average molecular weight is 273 g/mol. The summed E-state index contributed by atoms with van der Waals surface area (Å²) in [4.78, 5) is 7.20. The number of ether oxygens (including phenoxy) is 1. The number of methoxy groups -OCH3 is 1. The molecule has 0 fully saturated rings. The minimum Gasteiger partial charge on any atom is -0.496 e. The zero-order valence-corrected chi connectivity index (χ0v) is 11.9. The van der Waals surface area contributed by atoms with Gasteiger partial charge in [-0.15, -0.1) is 0 Å². The maximum Gasteiger partial charge on any atom is 0.262 e. The van der Waals surface area contributed by atoms with E-state index in [2.05, 4.69) is 4.89 Å². The van der Waals surface area contributed by atoms with Crippen molar-refractivity contribution in [2.75, 3.05) is 13.7 Å². The molecule has 0 amide bonds. The van der Waals surface area contributed by atoms with Gasteiger partial charge in [0.15, 0.2) is 0 Å². The Morgan fingerprint density at radius 3 is 2.50 bits per heavy atom. The second-order valence-corrected chi connectivity index (χ2v) is 6.07. The summed E-state index contributed by atoms with van der Waals surface area (Å²) in [6.07, 6.45) is 0. The van der Waals surface area contributed by atoms with Crippen molar-refractivity contribution < 1.29 is 18.0 Å². The Balaban J connectivity index is 2.82. The third-order valence-electron chi connectivity index (χ3n) is 2.26. The molecule has 1 N–H and O–H groups in total. The van der Waals surface area contributed by atoms with E-state index >= 15 is 0 Å². The van der Waals surface area contributed by atoms with Crippen molar-refractivity contribution in [2.24, 2.45) is 5.92 Å². The summed E-state index contributed by atoms with van der Waals surface area (Å²) < 4.78 is 28.9. The highest BCUT2D eigenvalue weighted by Crippen LogP contribution is 2.21. The Kier molecular flexibility index (Phi) is 5.13. The minimum absolute atomic E-state index is 0.157. The van der Waals surface area contributed by atoms with Crippen molar-refractivity contribution in [1.82, 2.24) is 4.89 Å². The van der Waals surface area contributed by atoms with E-state index in [9.17, 15) is 8.42 Å². The fourth-order valence-corrected chi connectivity index (χ4v) is 2.24. The number of nitrogens with one attached hydrogen (secondary N) is 1. The first kappa shape index (κ1) is 14.9. The maximum absolute atomic E-state index is 11.9. The summed E-state index contributed by atoms with van der Waals surface area (Å²) >= 11 is 0. The van der Waals surface area contributed by atoms with Crippen LogP contribution in [0.2, 0.25) is 0 Å². The molecular formula is C12H19NO4S. The quantitative estimate of drug-likeness (QED) is 0.804. The molecule has 1 aromatic carbocycles. The number of aryl methyl sites for hydroxylation is 1. The molecule has 0 aromatic heterocycles. The van der Waals surface area contributed by atoms with Crippen molar-refractivity contribution >= 4 is 10.0 Å². The first-order chi connectivity index (χ1) is 8.36. The van der Waals surface area contributed by atoms with E-state index in [1.54, 1.807) is 26.2 Å². The van der Waals surface area contributed by atoms with Gasteiger partial charge in [-0.1, -0.05) is 18.7 Å². The van der Waals surface area contributed by atoms with Crippen LogP contribution < -0.4 is 9.62 Å². The lowest BCUT2D eigenvalue weighted by Crippen LogP contribution is -2.25. The van der Waals surface area contributed by atoms with Crippen LogP contribution in [0.15, 0.2) is 23.1 Å². The van der Waals surface area contributed by atoms with Gasteiger partial charge in [0.2, 0.25) is 0 Å². The Morgan fingerprint density at radius 2 is 2.00 bits per heavy atom. The van der Waals surface area contributed by atoms with Gasteiger partial charge in [0.25, 0.3) is 10.0 Å². The normalized spacial score (nSPS) is 11.8. The topological polar surface area (TPSA) is 64.6 Å². The number of sulfonamides is 1. The van der Waals surface area contributed by atoms with Crippen molar-refractivity contribution in [2.45, 2.75) is 25.7 Å². The predicted molar refractivity (Wildman–Crippen MR) is 68.8 cm³/mol. The summed E-state index contributed by atoms with van der Waals surface area (Å²) in [7, 11) is -2.09. The number of rotatable bonds is 6. The molecule has 18 heavy (non-hydrogen) atoms. The summed E-state index contributed by atoms with van der Waals surface area (Å²) in [6.45, 7) is 5.98. The monoisotopic (exact) mass is 273 g/mol. The smallest absolute Gasteiger partial charge is 0.262 e. The summed E-state index contributed by atoms with van der Waals surface area (Å²) in [5.41, 5.74) is 0.754. The molecule has 0 aliphatic rings. The summed E-state index contributed by atoms with van der Waals surface area (Å²) in [5, 5.41) is 0. The van der Waals surface area contributed by atoms with Gasteiger partial charge >= 0.3 is 0 Å². The van der Waals surface area contributed by atoms with Crippen LogP contribution in [0.3, 0.4) is 0 Å². The van der Waals surface area contributed by atoms with Crippen LogP contribution in [0.25, 0.3) is 0 Å². The van der Waals surface area contributed by atoms with Crippen molar-refractivity contribution in [3.63, 3.8) is 0 Å². The SMILES string of the molecule is COc1ccc(S(=O)(=O)NOCC(C)C)cc1C. The molecule has 0 spiro atoms. The summed E-state index contributed by atoms with van der Waals surface area (Å²) in [5.74, 6) is 0.905. The average Bonchev–Trinajstić information content (AvgIpc) is 2.28. The van der Waals surface area contributed by atoms with E-state index in [1.807, 2.05) is 13.8 Å². The second-order valence-electron chi connectivity index (χ2n) is 4.42. The highest BCUT2D eigenvalue weighted by atomic mass is 32.2. The molecule has 102 valence electrons. The highest BCUT2D eigenvalue weighted by molar-refractivity contribution is 7.89. The molecule has 0 aliphatic carbocycles. The Bertz CT molecular complexity index is 497. The van der Waals surface area contributed by atoms with Crippen LogP contribution in [0.1, 0.15) is 19.4 Å². The largest absolute Gasteiger partial charge is 0.496 e. The first-order valence-corrected chi connectivity index (χ1v) is 7.13. The van der Waals surface area contributed by atoms with Crippen LogP contribution in [0.5, 0.6) is 5.75 Å². The van der Waals surface area contributed by atoms with Crippen molar-refractivity contribution in [3.8, 4) is 5.75 Å². The van der Waals surface area contributed by atoms with Gasteiger partial charge in [0.05, 0.1) is 18.6 Å². The fraction of sp³-hybridized carbons (Fsp3) is 0.500. The van der Waals surface area contributed by atoms with Gasteiger partial charge < -0.3 is 4.74 Å². The minimum atomic E-state index is -3.63. The van der Waals surface area contributed by atoms with E-state index in [1.165, 1.54) is 6.07 Å². The predicted octanol–water partition coefficient (Wildman–Crippen LogP) is 1.87. The molecule has 0 aliphatic heterocycles. The molecule has 0 radical (unpaired) electrons. The van der Waals surface area contributed by atoms with Crippen LogP contribution in [-0.4, -0.2) is 22.1 Å². The number of hydrogen-bond acceptors (Lipinski definition) is 4. The van der Waals surface area contributed by atoms with E-state index < -0.39 is 10.0 Å². The lowest BCUT2D eigenvalue weighted by Gasteiger charge is -2.10. The first-order valence-electron chi connectivity index (χ1n) is 5.65. The molecule has 0 heterocycles.